The van der Waals surface area contributed by atoms with E-state index in [0.29, 0.717) is 47.0 Å². The highest BCUT2D eigenvalue weighted by Crippen LogP contribution is 2.38. The Morgan fingerprint density at radius 1 is 0.530 bits per heavy atom. The van der Waals surface area contributed by atoms with Crippen LogP contribution in [0.4, 0.5) is 22.7 Å². The summed E-state index contributed by atoms with van der Waals surface area (Å²) < 4.78 is 45.9. The first kappa shape index (κ1) is 53.3. The van der Waals surface area contributed by atoms with E-state index in [1.807, 2.05) is 69.7 Å². The van der Waals surface area contributed by atoms with E-state index in [1.54, 1.807) is 24.3 Å². The van der Waals surface area contributed by atoms with Gasteiger partial charge in [0.15, 0.2) is 6.10 Å². The number of hydrogen-bond acceptors (Lipinski definition) is 14. The van der Waals surface area contributed by atoms with Gasteiger partial charge in [0.05, 0.1) is 74.8 Å². The Labute approximate surface area is 390 Å². The number of hydrogen-bond donors (Lipinski definition) is 0. The van der Waals surface area contributed by atoms with Crippen molar-refractivity contribution in [3.8, 4) is 11.5 Å². The standard InChI is InChI=1S/C50H68N5O10P/c1-6-8-10-12-14-16-35-60-46-30-26-44(27-31-46)53-51-42-22-18-40(19-23-42)49(56)62-38-48(39-64-66(58,59)63-37-34-55(3,4)5)65-50(57)41-20-24-43(25-21-41)52-54-45-28-32-47(33-29-45)61-36-17-15-13-11-9-7-2/h18-33,48H,6-17,34-39H2,1-5H3/t48-/m1/s1. The van der Waals surface area contributed by atoms with Crippen molar-refractivity contribution in [2.24, 2.45) is 20.5 Å². The fraction of sp³-hybridized carbons (Fsp3) is 0.480. The zero-order chi connectivity index (χ0) is 47.5. The molecule has 4 aromatic carbocycles. The number of carbonyl (C=O) groups is 2. The summed E-state index contributed by atoms with van der Waals surface area (Å²) in [6, 6.07) is 27.1. The monoisotopic (exact) mass is 929 g/mol. The molecule has 0 heterocycles. The molecule has 0 saturated carbocycles. The highest BCUT2D eigenvalue weighted by molar-refractivity contribution is 7.45. The molecule has 66 heavy (non-hydrogen) atoms. The number of carbonyl (C=O) groups excluding carboxylic acids is 2. The molecule has 16 heteroatoms. The lowest BCUT2D eigenvalue weighted by atomic mass is 10.1. The lowest BCUT2D eigenvalue weighted by molar-refractivity contribution is -0.870. The zero-order valence-electron chi connectivity index (χ0n) is 39.3. The predicted molar refractivity (Wildman–Crippen MR) is 254 cm³/mol. The molecule has 0 aliphatic heterocycles. The van der Waals surface area contributed by atoms with Gasteiger partial charge in [-0.1, -0.05) is 78.1 Å². The predicted octanol–water partition coefficient (Wildman–Crippen LogP) is 12.6. The zero-order valence-corrected chi connectivity index (χ0v) is 40.2. The van der Waals surface area contributed by atoms with Gasteiger partial charge in [0.2, 0.25) is 0 Å². The van der Waals surface area contributed by atoms with Crippen molar-refractivity contribution < 1.29 is 51.5 Å². The molecule has 0 saturated heterocycles. The first-order valence-electron chi connectivity index (χ1n) is 23.1. The maximum atomic E-state index is 13.3. The molecule has 4 rings (SSSR count). The largest absolute Gasteiger partial charge is 0.756 e. The Morgan fingerprint density at radius 3 is 1.35 bits per heavy atom. The Kier molecular flexibility index (Phi) is 23.7. The number of ether oxygens (including phenoxy) is 4. The van der Waals surface area contributed by atoms with Crippen LogP contribution in [0.3, 0.4) is 0 Å². The summed E-state index contributed by atoms with van der Waals surface area (Å²) in [6.45, 7) is 4.85. The van der Waals surface area contributed by atoms with E-state index in [2.05, 4.69) is 34.3 Å². The second kappa shape index (κ2) is 29.4. The molecule has 4 aromatic rings. The molecule has 0 spiro atoms. The van der Waals surface area contributed by atoms with Crippen LogP contribution in [0.5, 0.6) is 11.5 Å². The normalized spacial score (nSPS) is 13.1. The quantitative estimate of drug-likeness (QED) is 0.0150. The number of quaternary nitrogens is 1. The maximum Gasteiger partial charge on any atom is 0.338 e. The molecule has 2 atom stereocenters. The van der Waals surface area contributed by atoms with Crippen LogP contribution in [0, 0.1) is 0 Å². The molecule has 0 amide bonds. The van der Waals surface area contributed by atoms with E-state index in [-0.39, 0.29) is 17.7 Å². The van der Waals surface area contributed by atoms with E-state index in [1.165, 1.54) is 75.6 Å². The van der Waals surface area contributed by atoms with Gasteiger partial charge < -0.3 is 37.4 Å². The number of esters is 2. The fourth-order valence-corrected chi connectivity index (χ4v) is 6.88. The second-order valence-electron chi connectivity index (χ2n) is 16.9. The van der Waals surface area contributed by atoms with Gasteiger partial charge in [0.25, 0.3) is 7.82 Å². The minimum absolute atomic E-state index is 0.122. The van der Waals surface area contributed by atoms with Crippen LogP contribution in [-0.4, -0.2) is 83.2 Å². The number of rotatable bonds is 32. The van der Waals surface area contributed by atoms with Crippen molar-refractivity contribution in [2.75, 3.05) is 60.7 Å². The third kappa shape index (κ3) is 22.3. The van der Waals surface area contributed by atoms with Crippen LogP contribution < -0.4 is 14.4 Å². The van der Waals surface area contributed by atoms with Crippen molar-refractivity contribution in [2.45, 2.75) is 97.0 Å². The molecule has 0 N–H and O–H groups in total. The first-order valence-corrected chi connectivity index (χ1v) is 24.6. The highest BCUT2D eigenvalue weighted by atomic mass is 31.2. The molecule has 358 valence electrons. The minimum Gasteiger partial charge on any atom is -0.756 e. The van der Waals surface area contributed by atoms with Crippen LogP contribution in [0.1, 0.15) is 112 Å². The van der Waals surface area contributed by atoms with Crippen LogP contribution in [0.2, 0.25) is 0 Å². The molecular weight excluding hydrogens is 862 g/mol. The Balaban J connectivity index is 1.29. The Bertz CT molecular complexity index is 2110. The number of likely N-dealkylation sites (N-methyl/N-ethyl adjacent to an activating group) is 1. The average Bonchev–Trinajstić information content (AvgIpc) is 3.31. The minimum atomic E-state index is -4.80. The van der Waals surface area contributed by atoms with E-state index in [9.17, 15) is 19.0 Å². The van der Waals surface area contributed by atoms with Gasteiger partial charge in [-0.25, -0.2) is 9.59 Å². The van der Waals surface area contributed by atoms with Gasteiger partial charge in [-0.05, 0) is 110 Å². The molecule has 0 aliphatic carbocycles. The molecule has 15 nitrogen and oxygen atoms in total. The van der Waals surface area contributed by atoms with Crippen LogP contribution in [0.15, 0.2) is 118 Å². The SMILES string of the molecule is CCCCCCCCOc1ccc(N=Nc2ccc(C(=O)OC[C@H](COP(=O)([O-])OCC[N+](C)(C)C)OC(=O)c3ccc(N=Nc4ccc(OCCCCCCCC)cc4)cc3)cc2)cc1. The lowest BCUT2D eigenvalue weighted by Crippen LogP contribution is -2.37. The molecular formula is C50H68N5O10P. The summed E-state index contributed by atoms with van der Waals surface area (Å²) in [5.74, 6) is -0.0116. The summed E-state index contributed by atoms with van der Waals surface area (Å²) >= 11 is 0. The average molecular weight is 930 g/mol. The summed E-state index contributed by atoms with van der Waals surface area (Å²) in [5.41, 5.74) is 2.56. The molecule has 0 fully saturated rings. The summed E-state index contributed by atoms with van der Waals surface area (Å²) in [5, 5.41) is 17.1. The molecule has 0 aliphatic rings. The summed E-state index contributed by atoms with van der Waals surface area (Å²) in [4.78, 5) is 39.0. The topological polar surface area (TPSA) is 179 Å². The van der Waals surface area contributed by atoms with E-state index in [4.69, 9.17) is 28.0 Å². The third-order valence-corrected chi connectivity index (χ3v) is 11.0. The number of unbranched alkanes of at least 4 members (excludes halogenated alkanes) is 10. The van der Waals surface area contributed by atoms with E-state index < -0.39 is 39.1 Å². The molecule has 0 aromatic heterocycles. The molecule has 1 unspecified atom stereocenters. The number of phosphoric ester groups is 1. The van der Waals surface area contributed by atoms with Gasteiger partial charge in [-0.2, -0.15) is 20.5 Å². The highest BCUT2D eigenvalue weighted by Gasteiger charge is 2.23. The third-order valence-electron chi connectivity index (χ3n) is 10.1. The number of benzene rings is 4. The first-order chi connectivity index (χ1) is 31.8. The molecule has 0 radical (unpaired) electrons. The summed E-state index contributed by atoms with van der Waals surface area (Å²) in [6.07, 6.45) is 13.0. The van der Waals surface area contributed by atoms with Crippen LogP contribution in [-0.2, 0) is 23.1 Å². The number of phosphoric acid groups is 1. The van der Waals surface area contributed by atoms with Gasteiger partial charge >= 0.3 is 11.9 Å². The number of azo groups is 2. The smallest absolute Gasteiger partial charge is 0.338 e. The second-order valence-corrected chi connectivity index (χ2v) is 18.3. The van der Waals surface area contributed by atoms with E-state index in [0.717, 1.165) is 37.2 Å². The molecule has 0 bridgehead atoms. The Hall–Kier alpha value is -5.31. The fourth-order valence-electron chi connectivity index (χ4n) is 6.15. The lowest BCUT2D eigenvalue weighted by Gasteiger charge is -2.28. The van der Waals surface area contributed by atoms with Crippen molar-refractivity contribution in [1.82, 2.24) is 0 Å². The van der Waals surface area contributed by atoms with Crippen molar-refractivity contribution in [3.05, 3.63) is 108 Å². The van der Waals surface area contributed by atoms with Crippen molar-refractivity contribution in [3.63, 3.8) is 0 Å². The van der Waals surface area contributed by atoms with Gasteiger partial charge in [0.1, 0.15) is 31.3 Å². The Morgan fingerprint density at radius 2 is 0.924 bits per heavy atom. The maximum absolute atomic E-state index is 13.3. The van der Waals surface area contributed by atoms with E-state index >= 15 is 0 Å². The van der Waals surface area contributed by atoms with Crippen LogP contribution in [0.25, 0.3) is 0 Å². The van der Waals surface area contributed by atoms with Crippen LogP contribution >= 0.6 is 7.82 Å². The number of nitrogens with zero attached hydrogens (tertiary/aromatic N) is 5. The van der Waals surface area contributed by atoms with Crippen molar-refractivity contribution >= 4 is 42.5 Å². The van der Waals surface area contributed by atoms with Gasteiger partial charge in [-0.15, -0.1) is 0 Å². The van der Waals surface area contributed by atoms with Gasteiger partial charge in [-0.3, -0.25) is 4.57 Å². The van der Waals surface area contributed by atoms with Crippen molar-refractivity contribution in [1.29, 1.82) is 0 Å². The van der Waals surface area contributed by atoms with Gasteiger partial charge in [0, 0.05) is 0 Å². The summed E-state index contributed by atoms with van der Waals surface area (Å²) in [7, 11) is 0.854.